The van der Waals surface area contributed by atoms with Crippen LogP contribution in [0.4, 0.5) is 29.3 Å². The molecule has 2 rings (SSSR count). The number of carbonyl (C=O) groups excluding carboxylic acids is 1. The van der Waals surface area contributed by atoms with Gasteiger partial charge in [0, 0.05) is 25.7 Å². The summed E-state index contributed by atoms with van der Waals surface area (Å²) in [6.07, 6.45) is -5.40. The Morgan fingerprint density at radius 3 is 2.65 bits per heavy atom. The van der Waals surface area contributed by atoms with Gasteiger partial charge in [0.15, 0.2) is 0 Å². The maximum Gasteiger partial charge on any atom is 0.416 e. The molecule has 1 aliphatic heterocycles. The summed E-state index contributed by atoms with van der Waals surface area (Å²) < 4.78 is 37.8. The number of nitro benzene ring substituents is 1. The maximum atomic E-state index is 12.6. The third-order valence-corrected chi connectivity index (χ3v) is 3.65. The number of nitro groups is 1. The van der Waals surface area contributed by atoms with Crippen LogP contribution in [0, 0.1) is 16.0 Å². The van der Waals surface area contributed by atoms with Crippen molar-refractivity contribution >= 4 is 17.5 Å². The molecule has 1 amide bonds. The number of alkyl halides is 3. The summed E-state index contributed by atoms with van der Waals surface area (Å²) in [7, 11) is 0. The molecule has 1 atom stereocenters. The molecule has 1 N–H and O–H groups in total. The highest BCUT2D eigenvalue weighted by atomic mass is 19.4. The van der Waals surface area contributed by atoms with Gasteiger partial charge in [-0.15, -0.1) is 0 Å². The van der Waals surface area contributed by atoms with E-state index in [0.717, 1.165) is 17.0 Å². The maximum absolute atomic E-state index is 12.6. The van der Waals surface area contributed by atoms with Crippen LogP contribution in [-0.4, -0.2) is 35.6 Å². The molecule has 1 aromatic carbocycles. The smallest absolute Gasteiger partial charge is 0.416 e. The second-order valence-corrected chi connectivity index (χ2v) is 5.23. The van der Waals surface area contributed by atoms with E-state index in [4.69, 9.17) is 0 Å². The van der Waals surface area contributed by atoms with E-state index >= 15 is 0 Å². The van der Waals surface area contributed by atoms with E-state index in [1.54, 1.807) is 0 Å². The molecular formula is C13H13F3N3O4-. The predicted octanol–water partition coefficient (Wildman–Crippen LogP) is 1.69. The molecular weight excluding hydrogens is 319 g/mol. The zero-order chi connectivity index (χ0) is 17.2. The molecule has 23 heavy (non-hydrogen) atoms. The first-order valence-corrected chi connectivity index (χ1v) is 6.74. The van der Waals surface area contributed by atoms with Gasteiger partial charge < -0.3 is 20.1 Å². The fraction of sp³-hybridized carbons (Fsp3) is 0.462. The molecule has 7 nitrogen and oxygen atoms in total. The average molecular weight is 332 g/mol. The van der Waals surface area contributed by atoms with Gasteiger partial charge in [0.05, 0.1) is 10.5 Å². The number of hydrogen-bond donors (Lipinski definition) is 1. The van der Waals surface area contributed by atoms with Crippen molar-refractivity contribution in [2.75, 3.05) is 25.0 Å². The Morgan fingerprint density at radius 2 is 2.13 bits per heavy atom. The number of amides is 1. The number of halogens is 3. The lowest BCUT2D eigenvalue weighted by molar-refractivity contribution is -0.384. The van der Waals surface area contributed by atoms with Gasteiger partial charge >= 0.3 is 6.18 Å². The molecule has 0 aromatic heterocycles. The highest BCUT2D eigenvalue weighted by Gasteiger charge is 2.33. The molecule has 0 spiro atoms. The molecule has 1 aromatic rings. The van der Waals surface area contributed by atoms with Gasteiger partial charge in [0.2, 0.25) is 0 Å². The highest BCUT2D eigenvalue weighted by Crippen LogP contribution is 2.35. The van der Waals surface area contributed by atoms with E-state index in [-0.39, 0.29) is 24.7 Å². The van der Waals surface area contributed by atoms with Gasteiger partial charge in [-0.05, 0) is 24.5 Å². The number of likely N-dealkylation sites (tertiary alicyclic amines) is 1. The standard InChI is InChI=1S/C13H14F3N3O4/c14-13(15,16)9-1-2-10(11(5-9)19(22)23)17-6-8-3-4-18(7-8)12(20)21/h1-2,5,8,17H,3-4,6-7H2,(H,20,21)/p-1/t8-/m0/s1. The van der Waals surface area contributed by atoms with Crippen molar-refractivity contribution in [1.29, 1.82) is 0 Å². The molecule has 1 fully saturated rings. The van der Waals surface area contributed by atoms with Crippen LogP contribution in [0.5, 0.6) is 0 Å². The molecule has 0 unspecified atom stereocenters. The minimum Gasteiger partial charge on any atom is -0.530 e. The number of hydrogen-bond acceptors (Lipinski definition) is 5. The summed E-state index contributed by atoms with van der Waals surface area (Å²) >= 11 is 0. The third kappa shape index (κ3) is 4.02. The van der Waals surface area contributed by atoms with Gasteiger partial charge in [-0.1, -0.05) is 0 Å². The van der Waals surface area contributed by atoms with E-state index in [1.807, 2.05) is 0 Å². The van der Waals surface area contributed by atoms with Gasteiger partial charge in [-0.3, -0.25) is 10.1 Å². The minimum absolute atomic E-state index is 0.0325. The number of benzene rings is 1. The van der Waals surface area contributed by atoms with Crippen LogP contribution in [0.2, 0.25) is 0 Å². The highest BCUT2D eigenvalue weighted by molar-refractivity contribution is 5.64. The van der Waals surface area contributed by atoms with Gasteiger partial charge in [0.1, 0.15) is 11.8 Å². The Kier molecular flexibility index (Phi) is 4.62. The molecule has 0 aliphatic carbocycles. The fourth-order valence-electron chi connectivity index (χ4n) is 2.43. The lowest BCUT2D eigenvalue weighted by Crippen LogP contribution is -2.39. The zero-order valence-corrected chi connectivity index (χ0v) is 11.8. The number of carboxylic acid groups (broad SMARTS) is 1. The molecule has 0 bridgehead atoms. The van der Waals surface area contributed by atoms with Crippen LogP contribution >= 0.6 is 0 Å². The summed E-state index contributed by atoms with van der Waals surface area (Å²) in [6, 6.07) is 2.24. The Bertz CT molecular complexity index is 621. The van der Waals surface area contributed by atoms with Crippen molar-refractivity contribution in [3.8, 4) is 0 Å². The molecule has 0 saturated carbocycles. The van der Waals surface area contributed by atoms with Crippen LogP contribution in [0.25, 0.3) is 0 Å². The Morgan fingerprint density at radius 1 is 1.43 bits per heavy atom. The van der Waals surface area contributed by atoms with Crippen molar-refractivity contribution < 1.29 is 28.0 Å². The lowest BCUT2D eigenvalue weighted by Gasteiger charge is -2.19. The summed E-state index contributed by atoms with van der Waals surface area (Å²) in [5.74, 6) is -0.0882. The molecule has 1 heterocycles. The molecule has 10 heteroatoms. The van der Waals surface area contributed by atoms with Crippen molar-refractivity contribution in [2.24, 2.45) is 5.92 Å². The molecule has 1 saturated heterocycles. The van der Waals surface area contributed by atoms with E-state index in [1.165, 1.54) is 0 Å². The molecule has 0 radical (unpaired) electrons. The summed E-state index contributed by atoms with van der Waals surface area (Å²) in [6.45, 7) is 0.754. The molecule has 1 aliphatic rings. The summed E-state index contributed by atoms with van der Waals surface area (Å²) in [5, 5.41) is 24.4. The lowest BCUT2D eigenvalue weighted by atomic mass is 10.1. The van der Waals surface area contributed by atoms with E-state index in [0.29, 0.717) is 19.0 Å². The van der Waals surface area contributed by atoms with Crippen molar-refractivity contribution in [3.05, 3.63) is 33.9 Å². The molecule has 126 valence electrons. The SMILES string of the molecule is O=C([O-])N1CC[C@@H](CNc2ccc(C(F)(F)F)cc2[N+](=O)[O-])C1. The summed E-state index contributed by atoms with van der Waals surface area (Å²) in [5.41, 5.74) is -1.80. The van der Waals surface area contributed by atoms with Crippen LogP contribution in [0.1, 0.15) is 12.0 Å². The number of nitrogens with zero attached hydrogens (tertiary/aromatic N) is 2. The third-order valence-electron chi connectivity index (χ3n) is 3.65. The quantitative estimate of drug-likeness (QED) is 0.668. The van der Waals surface area contributed by atoms with Gasteiger partial charge in [-0.2, -0.15) is 13.2 Å². The fourth-order valence-corrected chi connectivity index (χ4v) is 2.43. The van der Waals surface area contributed by atoms with Gasteiger partial charge in [0.25, 0.3) is 5.69 Å². The van der Waals surface area contributed by atoms with Gasteiger partial charge in [-0.25, -0.2) is 0 Å². The number of carbonyl (C=O) groups is 1. The normalized spacial score (nSPS) is 18.0. The van der Waals surface area contributed by atoms with Crippen molar-refractivity contribution in [2.45, 2.75) is 12.6 Å². The van der Waals surface area contributed by atoms with Crippen LogP contribution in [0.3, 0.4) is 0 Å². The van der Waals surface area contributed by atoms with Crippen molar-refractivity contribution in [3.63, 3.8) is 0 Å². The first-order valence-electron chi connectivity index (χ1n) is 6.74. The van der Waals surface area contributed by atoms with E-state index in [9.17, 15) is 33.2 Å². The largest absolute Gasteiger partial charge is 0.530 e. The van der Waals surface area contributed by atoms with E-state index in [2.05, 4.69) is 5.32 Å². The summed E-state index contributed by atoms with van der Waals surface area (Å²) in [4.78, 5) is 21.9. The Balaban J connectivity index is 2.08. The van der Waals surface area contributed by atoms with Crippen LogP contribution < -0.4 is 10.4 Å². The second kappa shape index (κ2) is 6.31. The van der Waals surface area contributed by atoms with Crippen LogP contribution in [0.15, 0.2) is 18.2 Å². The zero-order valence-electron chi connectivity index (χ0n) is 11.8. The second-order valence-electron chi connectivity index (χ2n) is 5.23. The topological polar surface area (TPSA) is 98.5 Å². The first-order chi connectivity index (χ1) is 10.7. The number of anilines is 1. The number of rotatable bonds is 4. The Hall–Kier alpha value is -2.52. The first kappa shape index (κ1) is 16.8. The monoisotopic (exact) mass is 332 g/mol. The van der Waals surface area contributed by atoms with Crippen molar-refractivity contribution in [1.82, 2.24) is 4.90 Å². The van der Waals surface area contributed by atoms with E-state index < -0.39 is 28.4 Å². The minimum atomic E-state index is -4.66. The average Bonchev–Trinajstić information content (AvgIpc) is 2.92. The van der Waals surface area contributed by atoms with Crippen LogP contribution in [-0.2, 0) is 6.18 Å². The number of nitrogens with one attached hydrogen (secondary N) is 1. The Labute approximate surface area is 128 Å². The predicted molar refractivity (Wildman–Crippen MR) is 71.7 cm³/mol.